The van der Waals surface area contributed by atoms with Gasteiger partial charge in [0.25, 0.3) is 5.91 Å². The summed E-state index contributed by atoms with van der Waals surface area (Å²) in [6.45, 7) is 0. The molecule has 0 saturated carbocycles. The number of amides is 1. The van der Waals surface area contributed by atoms with Gasteiger partial charge in [-0.3, -0.25) is 4.79 Å². The van der Waals surface area contributed by atoms with Gasteiger partial charge in [0.05, 0.1) is 12.7 Å². The standard InChI is InChI=1S/C21H15N5O2S/c1-28-18-11-15-5-3-2-4-14(15)10-17(18)19(27)23-16-8-6-13(7-9-16)20-25-26-12-22-24-21(26)29-20/h2-12H,1H3,(H,23,27). The number of hydrogen-bond donors (Lipinski definition) is 1. The molecule has 0 radical (unpaired) electrons. The Morgan fingerprint density at radius 1 is 1.07 bits per heavy atom. The zero-order chi connectivity index (χ0) is 19.8. The number of hydrogen-bond acceptors (Lipinski definition) is 6. The SMILES string of the molecule is COc1cc2ccccc2cc1C(=O)Nc1ccc(-c2nn3cnnc3s2)cc1. The average molecular weight is 401 g/mol. The molecule has 0 unspecified atom stereocenters. The summed E-state index contributed by atoms with van der Waals surface area (Å²) in [5.74, 6) is 0.316. The van der Waals surface area contributed by atoms with Crippen molar-refractivity contribution in [3.05, 3.63) is 72.6 Å². The van der Waals surface area contributed by atoms with Crippen molar-refractivity contribution in [2.24, 2.45) is 0 Å². The second kappa shape index (κ2) is 6.99. The lowest BCUT2D eigenvalue weighted by Crippen LogP contribution is -2.13. The van der Waals surface area contributed by atoms with Crippen molar-refractivity contribution in [1.82, 2.24) is 19.8 Å². The van der Waals surface area contributed by atoms with E-state index in [1.54, 1.807) is 18.0 Å². The van der Waals surface area contributed by atoms with Crippen LogP contribution in [0.2, 0.25) is 0 Å². The molecule has 0 saturated heterocycles. The molecule has 7 nitrogen and oxygen atoms in total. The number of anilines is 1. The third-order valence-corrected chi connectivity index (χ3v) is 5.55. The van der Waals surface area contributed by atoms with Crippen LogP contribution in [-0.4, -0.2) is 32.8 Å². The maximum absolute atomic E-state index is 12.9. The zero-order valence-corrected chi connectivity index (χ0v) is 16.2. The summed E-state index contributed by atoms with van der Waals surface area (Å²) in [4.78, 5) is 13.6. The monoisotopic (exact) mass is 401 g/mol. The summed E-state index contributed by atoms with van der Waals surface area (Å²) < 4.78 is 7.07. The van der Waals surface area contributed by atoms with Gasteiger partial charge in [0.2, 0.25) is 4.96 Å². The van der Waals surface area contributed by atoms with Crippen molar-refractivity contribution >= 4 is 38.7 Å². The molecule has 5 rings (SSSR count). The maximum Gasteiger partial charge on any atom is 0.259 e. The molecular formula is C21H15N5O2S. The Bertz CT molecular complexity index is 1310. The highest BCUT2D eigenvalue weighted by Gasteiger charge is 2.14. The summed E-state index contributed by atoms with van der Waals surface area (Å²) in [7, 11) is 1.57. The largest absolute Gasteiger partial charge is 0.496 e. The molecule has 1 amide bonds. The highest BCUT2D eigenvalue weighted by molar-refractivity contribution is 7.19. The third kappa shape index (κ3) is 3.19. The van der Waals surface area contributed by atoms with Crippen LogP contribution in [0, 0.1) is 0 Å². The Balaban J connectivity index is 1.40. The van der Waals surface area contributed by atoms with E-state index in [9.17, 15) is 4.79 Å². The topological polar surface area (TPSA) is 81.4 Å². The first kappa shape index (κ1) is 17.3. The van der Waals surface area contributed by atoms with Crippen LogP contribution in [0.3, 0.4) is 0 Å². The fraction of sp³-hybridized carbons (Fsp3) is 0.0476. The van der Waals surface area contributed by atoms with E-state index in [1.807, 2.05) is 60.7 Å². The van der Waals surface area contributed by atoms with Crippen molar-refractivity contribution in [2.45, 2.75) is 0 Å². The van der Waals surface area contributed by atoms with Gasteiger partial charge in [-0.15, -0.1) is 10.2 Å². The number of methoxy groups -OCH3 is 1. The Labute approximate surface area is 169 Å². The Kier molecular flexibility index (Phi) is 4.18. The number of rotatable bonds is 4. The Hall–Kier alpha value is -3.78. The maximum atomic E-state index is 12.9. The van der Waals surface area contributed by atoms with Crippen LogP contribution in [0.4, 0.5) is 5.69 Å². The van der Waals surface area contributed by atoms with Gasteiger partial charge in [-0.1, -0.05) is 35.6 Å². The van der Waals surface area contributed by atoms with Gasteiger partial charge in [-0.05, 0) is 47.2 Å². The van der Waals surface area contributed by atoms with E-state index in [-0.39, 0.29) is 5.91 Å². The number of carbonyl (C=O) groups excluding carboxylic acids is 1. The highest BCUT2D eigenvalue weighted by atomic mass is 32.1. The predicted molar refractivity (Wildman–Crippen MR) is 113 cm³/mol. The second-order valence-electron chi connectivity index (χ2n) is 6.40. The quantitative estimate of drug-likeness (QED) is 0.486. The van der Waals surface area contributed by atoms with E-state index in [0.29, 0.717) is 17.0 Å². The first-order valence-corrected chi connectivity index (χ1v) is 9.68. The summed E-state index contributed by atoms with van der Waals surface area (Å²) in [6.07, 6.45) is 1.57. The van der Waals surface area contributed by atoms with Gasteiger partial charge >= 0.3 is 0 Å². The number of carbonyl (C=O) groups is 1. The van der Waals surface area contributed by atoms with Gasteiger partial charge in [0, 0.05) is 11.3 Å². The molecule has 0 fully saturated rings. The minimum absolute atomic E-state index is 0.223. The van der Waals surface area contributed by atoms with Crippen molar-refractivity contribution in [3.8, 4) is 16.3 Å². The molecule has 2 heterocycles. The molecule has 142 valence electrons. The van der Waals surface area contributed by atoms with Gasteiger partial charge in [0.1, 0.15) is 17.1 Å². The van der Waals surface area contributed by atoms with Gasteiger partial charge in [-0.2, -0.15) is 9.61 Å². The van der Waals surface area contributed by atoms with E-state index >= 15 is 0 Å². The smallest absolute Gasteiger partial charge is 0.259 e. The van der Waals surface area contributed by atoms with Crippen molar-refractivity contribution < 1.29 is 9.53 Å². The first-order valence-electron chi connectivity index (χ1n) is 8.87. The second-order valence-corrected chi connectivity index (χ2v) is 7.35. The number of nitrogens with zero attached hydrogens (tertiary/aromatic N) is 4. The number of aromatic nitrogens is 4. The summed E-state index contributed by atoms with van der Waals surface area (Å²) in [5, 5.41) is 18.0. The van der Waals surface area contributed by atoms with Crippen molar-refractivity contribution in [2.75, 3.05) is 12.4 Å². The lowest BCUT2D eigenvalue weighted by atomic mass is 10.1. The summed E-state index contributed by atoms with van der Waals surface area (Å²) in [6, 6.07) is 19.1. The summed E-state index contributed by atoms with van der Waals surface area (Å²) in [5.41, 5.74) is 2.13. The molecule has 0 atom stereocenters. The molecule has 0 bridgehead atoms. The van der Waals surface area contributed by atoms with Crippen LogP contribution < -0.4 is 10.1 Å². The summed E-state index contributed by atoms with van der Waals surface area (Å²) >= 11 is 1.45. The molecular weight excluding hydrogens is 386 g/mol. The average Bonchev–Trinajstić information content (AvgIpc) is 3.35. The number of fused-ring (bicyclic) bond motifs is 2. The van der Waals surface area contributed by atoms with Crippen LogP contribution in [0.1, 0.15) is 10.4 Å². The lowest BCUT2D eigenvalue weighted by molar-refractivity contribution is 0.102. The molecule has 2 aromatic heterocycles. The molecule has 0 spiro atoms. The minimum Gasteiger partial charge on any atom is -0.496 e. The highest BCUT2D eigenvalue weighted by Crippen LogP contribution is 2.28. The fourth-order valence-corrected chi connectivity index (χ4v) is 3.96. The molecule has 5 aromatic rings. The fourth-order valence-electron chi connectivity index (χ4n) is 3.14. The van der Waals surface area contributed by atoms with Crippen LogP contribution in [0.15, 0.2) is 67.0 Å². The molecule has 3 aromatic carbocycles. The first-order chi connectivity index (χ1) is 14.2. The van der Waals surface area contributed by atoms with Gasteiger partial charge in [-0.25, -0.2) is 0 Å². The number of nitrogens with one attached hydrogen (secondary N) is 1. The minimum atomic E-state index is -0.223. The van der Waals surface area contributed by atoms with E-state index in [1.165, 1.54) is 11.3 Å². The van der Waals surface area contributed by atoms with Crippen LogP contribution in [0.25, 0.3) is 26.3 Å². The van der Waals surface area contributed by atoms with E-state index in [2.05, 4.69) is 20.6 Å². The van der Waals surface area contributed by atoms with Gasteiger partial charge in [0.15, 0.2) is 0 Å². The molecule has 0 aliphatic rings. The van der Waals surface area contributed by atoms with Gasteiger partial charge < -0.3 is 10.1 Å². The third-order valence-electron chi connectivity index (χ3n) is 4.59. The molecule has 8 heteroatoms. The van der Waals surface area contributed by atoms with Crippen LogP contribution >= 0.6 is 11.3 Å². The molecule has 1 N–H and O–H groups in total. The van der Waals surface area contributed by atoms with Crippen molar-refractivity contribution in [3.63, 3.8) is 0 Å². The van der Waals surface area contributed by atoms with Crippen LogP contribution in [-0.2, 0) is 0 Å². The Morgan fingerprint density at radius 3 is 2.55 bits per heavy atom. The number of benzene rings is 3. The van der Waals surface area contributed by atoms with E-state index in [4.69, 9.17) is 4.74 Å². The number of ether oxygens (including phenoxy) is 1. The normalized spacial score (nSPS) is 11.1. The van der Waals surface area contributed by atoms with E-state index in [0.717, 1.165) is 26.3 Å². The zero-order valence-electron chi connectivity index (χ0n) is 15.4. The Morgan fingerprint density at radius 2 is 1.83 bits per heavy atom. The van der Waals surface area contributed by atoms with E-state index < -0.39 is 0 Å². The van der Waals surface area contributed by atoms with Crippen molar-refractivity contribution in [1.29, 1.82) is 0 Å². The lowest BCUT2D eigenvalue weighted by Gasteiger charge is -2.11. The molecule has 29 heavy (non-hydrogen) atoms. The predicted octanol–water partition coefficient (Wildman–Crippen LogP) is 4.27. The molecule has 0 aliphatic carbocycles. The molecule has 0 aliphatic heterocycles. The van der Waals surface area contributed by atoms with Crippen LogP contribution in [0.5, 0.6) is 5.75 Å².